The number of aryl methyl sites for hydroxylation is 1. The van der Waals surface area contributed by atoms with Crippen molar-refractivity contribution in [1.82, 2.24) is 19.6 Å². The second-order valence-corrected chi connectivity index (χ2v) is 6.74. The van der Waals surface area contributed by atoms with Crippen LogP contribution >= 0.6 is 0 Å². The third-order valence-electron chi connectivity index (χ3n) is 4.65. The molecule has 1 amide bonds. The molecule has 1 aliphatic rings. The van der Waals surface area contributed by atoms with Gasteiger partial charge in [-0.05, 0) is 43.9 Å². The minimum absolute atomic E-state index is 0.231. The summed E-state index contributed by atoms with van der Waals surface area (Å²) >= 11 is 0. The Morgan fingerprint density at radius 1 is 1.25 bits per heavy atom. The van der Waals surface area contributed by atoms with Crippen LogP contribution in [0, 0.1) is 12.7 Å². The van der Waals surface area contributed by atoms with Crippen molar-refractivity contribution in [1.29, 1.82) is 0 Å². The van der Waals surface area contributed by atoms with E-state index in [-0.39, 0.29) is 18.1 Å². The number of rotatable bonds is 5. The first-order chi connectivity index (χ1) is 13.4. The highest BCUT2D eigenvalue weighted by Gasteiger charge is 2.28. The average molecular weight is 383 g/mol. The maximum Gasteiger partial charge on any atom is 0.325 e. The van der Waals surface area contributed by atoms with Gasteiger partial charge in [0.1, 0.15) is 18.0 Å². The summed E-state index contributed by atoms with van der Waals surface area (Å²) in [7, 11) is 0. The zero-order chi connectivity index (χ0) is 19.8. The van der Waals surface area contributed by atoms with Crippen molar-refractivity contribution in [2.45, 2.75) is 32.7 Å². The Hall–Kier alpha value is -3.49. The van der Waals surface area contributed by atoms with E-state index in [4.69, 9.17) is 5.11 Å². The number of carbonyl (C=O) groups is 2. The fourth-order valence-electron chi connectivity index (χ4n) is 3.43. The minimum atomic E-state index is -1.03. The minimum Gasteiger partial charge on any atom is -0.480 e. The van der Waals surface area contributed by atoms with Gasteiger partial charge in [0, 0.05) is 23.5 Å². The van der Waals surface area contributed by atoms with Gasteiger partial charge >= 0.3 is 5.97 Å². The van der Waals surface area contributed by atoms with Crippen LogP contribution in [0.25, 0.3) is 5.69 Å². The Morgan fingerprint density at radius 2 is 2.07 bits per heavy atom. The van der Waals surface area contributed by atoms with Gasteiger partial charge in [0.25, 0.3) is 5.91 Å². The van der Waals surface area contributed by atoms with Crippen LogP contribution in [-0.2, 0) is 24.2 Å². The third-order valence-corrected chi connectivity index (χ3v) is 4.65. The number of carboxylic acid groups (broad SMARTS) is 1. The van der Waals surface area contributed by atoms with Crippen LogP contribution < -0.4 is 5.32 Å². The standard InChI is InChI=1S/C19H18FN5O3/c1-11-5-6-13(20)15(9-11)25-14-4-2-3-12(14)18(23-25)19(28)21-16-7-8-24(22-16)10-17(26)27/h5-9H,2-4,10H2,1H3,(H,26,27)(H,21,22,28). The third kappa shape index (κ3) is 3.26. The van der Waals surface area contributed by atoms with Crippen molar-refractivity contribution in [3.8, 4) is 5.69 Å². The number of hydrogen-bond donors (Lipinski definition) is 2. The molecule has 2 aromatic heterocycles. The highest BCUT2D eigenvalue weighted by Crippen LogP contribution is 2.29. The summed E-state index contributed by atoms with van der Waals surface area (Å²) in [6.45, 7) is 1.57. The molecule has 3 aromatic rings. The number of aromatic nitrogens is 4. The molecule has 0 spiro atoms. The lowest BCUT2D eigenvalue weighted by Crippen LogP contribution is -2.16. The van der Waals surface area contributed by atoms with E-state index >= 15 is 0 Å². The molecule has 1 aromatic carbocycles. The Morgan fingerprint density at radius 3 is 2.86 bits per heavy atom. The molecule has 9 heteroatoms. The normalized spacial score (nSPS) is 12.8. The molecule has 2 N–H and O–H groups in total. The summed E-state index contributed by atoms with van der Waals surface area (Å²) < 4.78 is 17.1. The number of anilines is 1. The predicted molar refractivity (Wildman–Crippen MR) is 98.1 cm³/mol. The number of benzene rings is 1. The zero-order valence-electron chi connectivity index (χ0n) is 15.1. The first-order valence-corrected chi connectivity index (χ1v) is 8.86. The molecule has 0 saturated heterocycles. The van der Waals surface area contributed by atoms with Gasteiger partial charge in [-0.25, -0.2) is 9.07 Å². The molecule has 1 aliphatic carbocycles. The molecular weight excluding hydrogens is 365 g/mol. The molecule has 0 radical (unpaired) electrons. The summed E-state index contributed by atoms with van der Waals surface area (Å²) in [5.74, 6) is -1.65. The molecule has 0 unspecified atom stereocenters. The Labute approximate surface area is 159 Å². The number of fused-ring (bicyclic) bond motifs is 1. The topological polar surface area (TPSA) is 102 Å². The Kier molecular flexibility index (Phi) is 4.42. The van der Waals surface area contributed by atoms with Crippen molar-refractivity contribution in [2.75, 3.05) is 5.32 Å². The number of amides is 1. The lowest BCUT2D eigenvalue weighted by molar-refractivity contribution is -0.137. The average Bonchev–Trinajstić information content (AvgIpc) is 3.33. The van der Waals surface area contributed by atoms with Crippen LogP contribution in [0.1, 0.15) is 33.7 Å². The van der Waals surface area contributed by atoms with Gasteiger partial charge in [-0.1, -0.05) is 6.07 Å². The molecule has 28 heavy (non-hydrogen) atoms. The molecule has 0 atom stereocenters. The van der Waals surface area contributed by atoms with Crippen LogP contribution in [0.3, 0.4) is 0 Å². The van der Waals surface area contributed by atoms with Gasteiger partial charge < -0.3 is 10.4 Å². The SMILES string of the molecule is Cc1ccc(F)c(-n2nc(C(=O)Nc3ccn(CC(=O)O)n3)c3c2CCC3)c1. The van der Waals surface area contributed by atoms with Crippen LogP contribution in [0.4, 0.5) is 10.2 Å². The van der Waals surface area contributed by atoms with E-state index in [1.165, 1.54) is 27.7 Å². The molecule has 0 bridgehead atoms. The number of halogens is 1. The predicted octanol–water partition coefficient (Wildman–Crippen LogP) is 2.34. The van der Waals surface area contributed by atoms with Crippen LogP contribution in [-0.4, -0.2) is 36.5 Å². The van der Waals surface area contributed by atoms with Gasteiger partial charge in [-0.3, -0.25) is 14.3 Å². The fraction of sp³-hybridized carbons (Fsp3) is 0.263. The van der Waals surface area contributed by atoms with Crippen molar-refractivity contribution < 1.29 is 19.1 Å². The number of aliphatic carboxylic acids is 1. The zero-order valence-corrected chi connectivity index (χ0v) is 15.1. The fourth-order valence-corrected chi connectivity index (χ4v) is 3.43. The summed E-state index contributed by atoms with van der Waals surface area (Å²) in [5, 5.41) is 19.8. The van der Waals surface area contributed by atoms with Crippen molar-refractivity contribution in [2.24, 2.45) is 0 Å². The molecule has 0 saturated carbocycles. The summed E-state index contributed by atoms with van der Waals surface area (Å²) in [6, 6.07) is 6.29. The monoisotopic (exact) mass is 383 g/mol. The van der Waals surface area contributed by atoms with Crippen LogP contribution in [0.2, 0.25) is 0 Å². The number of nitrogens with one attached hydrogen (secondary N) is 1. The number of nitrogens with zero attached hydrogens (tertiary/aromatic N) is 4. The Balaban J connectivity index is 1.65. The van der Waals surface area contributed by atoms with Crippen molar-refractivity contribution >= 4 is 17.7 Å². The summed E-state index contributed by atoms with van der Waals surface area (Å²) in [5.41, 5.74) is 3.10. The van der Waals surface area contributed by atoms with Crippen molar-refractivity contribution in [3.63, 3.8) is 0 Å². The van der Waals surface area contributed by atoms with Crippen LogP contribution in [0.5, 0.6) is 0 Å². The van der Waals surface area contributed by atoms with E-state index in [0.717, 1.165) is 29.7 Å². The van der Waals surface area contributed by atoms with E-state index in [9.17, 15) is 14.0 Å². The quantitative estimate of drug-likeness (QED) is 0.704. The molecule has 8 nitrogen and oxygen atoms in total. The van der Waals surface area contributed by atoms with Crippen LogP contribution in [0.15, 0.2) is 30.5 Å². The second kappa shape index (κ2) is 6.91. The van der Waals surface area contributed by atoms with E-state index in [2.05, 4.69) is 15.5 Å². The molecule has 2 heterocycles. The second-order valence-electron chi connectivity index (χ2n) is 6.74. The van der Waals surface area contributed by atoms with Gasteiger partial charge in [0.2, 0.25) is 0 Å². The lowest BCUT2D eigenvalue weighted by atomic mass is 10.2. The highest BCUT2D eigenvalue weighted by atomic mass is 19.1. The maximum absolute atomic E-state index is 14.4. The maximum atomic E-state index is 14.4. The molecule has 0 aliphatic heterocycles. The smallest absolute Gasteiger partial charge is 0.325 e. The van der Waals surface area contributed by atoms with Gasteiger partial charge in [-0.15, -0.1) is 0 Å². The van der Waals surface area contributed by atoms with Crippen molar-refractivity contribution in [3.05, 3.63) is 58.8 Å². The number of carbonyl (C=O) groups excluding carboxylic acids is 1. The summed E-state index contributed by atoms with van der Waals surface area (Å²) in [4.78, 5) is 23.5. The lowest BCUT2D eigenvalue weighted by Gasteiger charge is -2.08. The summed E-state index contributed by atoms with van der Waals surface area (Å²) in [6.07, 6.45) is 3.75. The number of hydrogen-bond acceptors (Lipinski definition) is 4. The van der Waals surface area contributed by atoms with E-state index in [0.29, 0.717) is 12.1 Å². The highest BCUT2D eigenvalue weighted by molar-refractivity contribution is 6.03. The largest absolute Gasteiger partial charge is 0.480 e. The first kappa shape index (κ1) is 17.9. The van der Waals surface area contributed by atoms with E-state index < -0.39 is 17.7 Å². The van der Waals surface area contributed by atoms with Gasteiger partial charge in [0.15, 0.2) is 11.5 Å². The first-order valence-electron chi connectivity index (χ1n) is 8.86. The van der Waals surface area contributed by atoms with E-state index in [1.54, 1.807) is 12.1 Å². The molecular formula is C19H18FN5O3. The number of carboxylic acids is 1. The molecule has 144 valence electrons. The Bertz CT molecular complexity index is 1090. The molecule has 4 rings (SSSR count). The van der Waals surface area contributed by atoms with E-state index in [1.807, 2.05) is 6.92 Å². The van der Waals surface area contributed by atoms with Gasteiger partial charge in [-0.2, -0.15) is 10.2 Å². The molecule has 0 fully saturated rings. The van der Waals surface area contributed by atoms with Gasteiger partial charge in [0.05, 0.1) is 0 Å².